The summed E-state index contributed by atoms with van der Waals surface area (Å²) in [5.41, 5.74) is 0. The first kappa shape index (κ1) is 11.6. The quantitative estimate of drug-likeness (QED) is 0.271. The van der Waals surface area contributed by atoms with Crippen molar-refractivity contribution >= 4 is 11.9 Å². The summed E-state index contributed by atoms with van der Waals surface area (Å²) in [6.45, 7) is 0. The van der Waals surface area contributed by atoms with Gasteiger partial charge in [-0.05, 0) is 0 Å². The third-order valence-electron chi connectivity index (χ3n) is 0.755. The first-order valence-electron chi connectivity index (χ1n) is 2.27. The fourth-order valence-electron chi connectivity index (χ4n) is 0.378. The van der Waals surface area contributed by atoms with E-state index in [1.165, 1.54) is 0 Å². The number of nitro groups is 2. The molecule has 0 N–H and O–H groups in total. The van der Waals surface area contributed by atoms with Crippen molar-refractivity contribution in [3.8, 4) is 0 Å². The summed E-state index contributed by atoms with van der Waals surface area (Å²) in [5.74, 6) is -1.73. The van der Waals surface area contributed by atoms with E-state index in [1.54, 1.807) is 0 Å². The van der Waals surface area contributed by atoms with Gasteiger partial charge >= 0.3 is 63.3 Å². The molecule has 0 saturated heterocycles. The number of aromatic nitrogens is 3. The summed E-state index contributed by atoms with van der Waals surface area (Å²) in [5, 5.41) is 25.4. The van der Waals surface area contributed by atoms with E-state index < -0.39 is 21.7 Å². The maximum Gasteiger partial charge on any atom is 1.00 e. The summed E-state index contributed by atoms with van der Waals surface area (Å²) in [6, 6.07) is 0. The van der Waals surface area contributed by atoms with E-state index in [0.717, 1.165) is 0 Å². The standard InChI is InChI=1S/C2N5O4.K/c8-6(9)1-3-2(5-4-1)7(10)11;/q-1;+1. The molecular weight excluding hydrogens is 197 g/mol. The molecule has 0 atom stereocenters. The Hall–Kier alpha value is -0.424. The van der Waals surface area contributed by atoms with Crippen LogP contribution in [0.5, 0.6) is 0 Å². The van der Waals surface area contributed by atoms with Gasteiger partial charge in [-0.15, -0.1) is 0 Å². The molecule has 0 aliphatic heterocycles. The Kier molecular flexibility index (Phi) is 4.40. The molecule has 0 spiro atoms. The van der Waals surface area contributed by atoms with Crippen molar-refractivity contribution in [1.29, 1.82) is 0 Å². The van der Waals surface area contributed by atoms with E-state index in [-0.39, 0.29) is 51.4 Å². The van der Waals surface area contributed by atoms with Gasteiger partial charge in [0.2, 0.25) is 0 Å². The molecule has 0 aromatic carbocycles. The molecule has 0 saturated carbocycles. The molecule has 12 heavy (non-hydrogen) atoms. The zero-order valence-electron chi connectivity index (χ0n) is 5.87. The summed E-state index contributed by atoms with van der Waals surface area (Å²) in [6.07, 6.45) is 0. The van der Waals surface area contributed by atoms with Crippen LogP contribution in [0.2, 0.25) is 0 Å². The molecule has 58 valence electrons. The number of rotatable bonds is 2. The van der Waals surface area contributed by atoms with Crippen molar-refractivity contribution in [2.45, 2.75) is 0 Å². The van der Waals surface area contributed by atoms with E-state index in [4.69, 9.17) is 0 Å². The summed E-state index contributed by atoms with van der Waals surface area (Å²) in [7, 11) is 0. The average molecular weight is 197 g/mol. The van der Waals surface area contributed by atoms with Gasteiger partial charge in [0.25, 0.3) is 0 Å². The van der Waals surface area contributed by atoms with Crippen LogP contribution in [0.25, 0.3) is 0 Å². The molecular formula is C2KN5O4. The van der Waals surface area contributed by atoms with Gasteiger partial charge in [0, 0.05) is 10.2 Å². The molecule has 0 fully saturated rings. The summed E-state index contributed by atoms with van der Waals surface area (Å²) >= 11 is 0. The monoisotopic (exact) mass is 197 g/mol. The minimum absolute atomic E-state index is 0. The van der Waals surface area contributed by atoms with E-state index in [0.29, 0.717) is 0 Å². The predicted octanol–water partition coefficient (Wildman–Crippen LogP) is -3.75. The van der Waals surface area contributed by atoms with Crippen LogP contribution in [-0.2, 0) is 0 Å². The molecule has 0 bridgehead atoms. The smallest absolute Gasteiger partial charge is 0.417 e. The van der Waals surface area contributed by atoms with E-state index in [2.05, 4.69) is 15.2 Å². The van der Waals surface area contributed by atoms with Crippen molar-refractivity contribution in [1.82, 2.24) is 15.2 Å². The van der Waals surface area contributed by atoms with Crippen LogP contribution in [0, 0.1) is 20.2 Å². The van der Waals surface area contributed by atoms with Crippen LogP contribution in [0.3, 0.4) is 0 Å². The Morgan fingerprint density at radius 2 is 1.42 bits per heavy atom. The molecule has 0 unspecified atom stereocenters. The molecule has 1 heterocycles. The van der Waals surface area contributed by atoms with Gasteiger partial charge < -0.3 is 20.2 Å². The van der Waals surface area contributed by atoms with Crippen molar-refractivity contribution in [2.75, 3.05) is 0 Å². The molecule has 1 rings (SSSR count). The second kappa shape index (κ2) is 4.56. The Labute approximate surface area is 107 Å². The maximum atomic E-state index is 9.85. The van der Waals surface area contributed by atoms with Crippen LogP contribution < -0.4 is 56.4 Å². The molecule has 1 aromatic heterocycles. The van der Waals surface area contributed by atoms with Gasteiger partial charge in [0.15, 0.2) is 0 Å². The van der Waals surface area contributed by atoms with Crippen LogP contribution >= 0.6 is 0 Å². The minimum atomic E-state index is -0.958. The Bertz CT molecular complexity index is 280. The molecule has 0 aliphatic rings. The van der Waals surface area contributed by atoms with Gasteiger partial charge in [0.1, 0.15) is 0 Å². The summed E-state index contributed by atoms with van der Waals surface area (Å²) < 4.78 is 0. The van der Waals surface area contributed by atoms with Crippen LogP contribution in [-0.4, -0.2) is 20.0 Å². The SMILES string of the molecule is O=[N+]([O-])c1nnc([N+](=O)[O-])[n-]1.[K+]. The van der Waals surface area contributed by atoms with Crippen LogP contribution in [0.15, 0.2) is 0 Å². The molecule has 0 radical (unpaired) electrons. The largest absolute Gasteiger partial charge is 1.00 e. The fourth-order valence-corrected chi connectivity index (χ4v) is 0.378. The van der Waals surface area contributed by atoms with Gasteiger partial charge in [-0.25, -0.2) is 0 Å². The fraction of sp³-hybridized carbons (Fsp3) is 0. The number of nitrogens with zero attached hydrogens (tertiary/aromatic N) is 5. The second-order valence-electron chi connectivity index (χ2n) is 1.43. The average Bonchev–Trinajstić information content (AvgIpc) is 2.33. The van der Waals surface area contributed by atoms with Crippen molar-refractivity contribution in [3.63, 3.8) is 0 Å². The van der Waals surface area contributed by atoms with Crippen molar-refractivity contribution in [3.05, 3.63) is 20.2 Å². The minimum Gasteiger partial charge on any atom is -0.417 e. The first-order chi connectivity index (χ1) is 5.11. The number of hydrogen-bond donors (Lipinski definition) is 0. The van der Waals surface area contributed by atoms with Gasteiger partial charge in [-0.3, -0.25) is 0 Å². The zero-order valence-corrected chi connectivity index (χ0v) is 8.99. The second-order valence-corrected chi connectivity index (χ2v) is 1.43. The van der Waals surface area contributed by atoms with Crippen molar-refractivity contribution in [2.24, 2.45) is 0 Å². The zero-order chi connectivity index (χ0) is 8.43. The first-order valence-corrected chi connectivity index (χ1v) is 2.27. The van der Waals surface area contributed by atoms with Gasteiger partial charge in [-0.2, -0.15) is 0 Å². The maximum absolute atomic E-state index is 9.85. The normalized spacial score (nSPS) is 8.67. The molecule has 10 heteroatoms. The van der Waals surface area contributed by atoms with Gasteiger partial charge in [0.05, 0.1) is 0 Å². The van der Waals surface area contributed by atoms with E-state index >= 15 is 0 Å². The molecule has 9 nitrogen and oxygen atoms in total. The summed E-state index contributed by atoms with van der Waals surface area (Å²) in [4.78, 5) is 20.7. The Balaban J connectivity index is 0.00000121. The van der Waals surface area contributed by atoms with E-state index in [1.807, 2.05) is 0 Å². The molecule has 0 amide bonds. The topological polar surface area (TPSA) is 126 Å². The molecule has 1 aromatic rings. The third-order valence-corrected chi connectivity index (χ3v) is 0.755. The molecule has 0 aliphatic carbocycles. The van der Waals surface area contributed by atoms with Crippen LogP contribution in [0.4, 0.5) is 11.9 Å². The third kappa shape index (κ3) is 2.56. The van der Waals surface area contributed by atoms with Crippen LogP contribution in [0.1, 0.15) is 0 Å². The van der Waals surface area contributed by atoms with E-state index in [9.17, 15) is 20.2 Å². The number of hydrogen-bond acceptors (Lipinski definition) is 6. The van der Waals surface area contributed by atoms with Crippen molar-refractivity contribution < 1.29 is 61.2 Å². The van der Waals surface area contributed by atoms with Gasteiger partial charge in [-0.1, -0.05) is 14.8 Å². The Morgan fingerprint density at radius 1 is 1.08 bits per heavy atom. The Morgan fingerprint density at radius 3 is 1.58 bits per heavy atom. The predicted molar refractivity (Wildman–Crippen MR) is 28.7 cm³/mol.